The fourth-order valence-corrected chi connectivity index (χ4v) is 5.59. The first-order chi connectivity index (χ1) is 13.2. The van der Waals surface area contributed by atoms with Gasteiger partial charge in [0, 0.05) is 19.7 Å². The van der Waals surface area contributed by atoms with E-state index in [-0.39, 0.29) is 9.79 Å². The summed E-state index contributed by atoms with van der Waals surface area (Å²) in [6.07, 6.45) is 0. The minimum atomic E-state index is -3.63. The Bertz CT molecular complexity index is 997. The maximum atomic E-state index is 12.9. The molecule has 0 aromatic heterocycles. The maximum Gasteiger partial charge on any atom is 0.243 e. The smallest absolute Gasteiger partial charge is 0.243 e. The molecule has 152 valence electrons. The molecule has 0 aliphatic carbocycles. The van der Waals surface area contributed by atoms with Crippen molar-refractivity contribution in [3.63, 3.8) is 0 Å². The summed E-state index contributed by atoms with van der Waals surface area (Å²) in [7, 11) is -4.33. The number of hydrogen-bond donors (Lipinski definition) is 1. The van der Waals surface area contributed by atoms with Crippen LogP contribution in [0.4, 0.5) is 0 Å². The van der Waals surface area contributed by atoms with Crippen molar-refractivity contribution in [2.45, 2.75) is 16.3 Å². The highest BCUT2D eigenvalue weighted by atomic mass is 32.2. The van der Waals surface area contributed by atoms with Gasteiger partial charge in [0.1, 0.15) is 6.54 Å². The van der Waals surface area contributed by atoms with Gasteiger partial charge in [-0.25, -0.2) is 21.1 Å². The number of nitrogens with one attached hydrogen (secondary N) is 1. The van der Waals surface area contributed by atoms with Gasteiger partial charge in [0.15, 0.2) is 0 Å². The summed E-state index contributed by atoms with van der Waals surface area (Å²) in [4.78, 5) is 1.55. The van der Waals surface area contributed by atoms with Crippen molar-refractivity contribution in [1.82, 2.24) is 8.61 Å². The molecule has 0 bridgehead atoms. The van der Waals surface area contributed by atoms with E-state index in [1.54, 1.807) is 0 Å². The summed E-state index contributed by atoms with van der Waals surface area (Å²) in [6, 6.07) is 15.6. The molecule has 9 heteroatoms. The summed E-state index contributed by atoms with van der Waals surface area (Å²) in [5.74, 6) is 0. The topological polar surface area (TPSA) is 79.2 Å². The molecule has 1 aliphatic heterocycles. The highest BCUT2D eigenvalue weighted by molar-refractivity contribution is 7.89. The Morgan fingerprint density at radius 3 is 1.93 bits per heavy atom. The second kappa shape index (κ2) is 8.30. The molecule has 3 rings (SSSR count). The molecule has 0 amide bonds. The Balaban J connectivity index is 1.67. The molecule has 2 aromatic carbocycles. The SMILES string of the molecule is CN(C)S(=O)(=O)c1ccc(S(=O)(=O)N2CC[NH+](Cc3ccccc3)CC2)cc1. The van der Waals surface area contributed by atoms with Crippen LogP contribution in [0.2, 0.25) is 0 Å². The predicted molar refractivity (Wildman–Crippen MR) is 107 cm³/mol. The Labute approximate surface area is 167 Å². The molecular weight excluding hydrogens is 398 g/mol. The first-order valence-corrected chi connectivity index (χ1v) is 12.0. The van der Waals surface area contributed by atoms with Crippen LogP contribution in [0.15, 0.2) is 64.4 Å². The van der Waals surface area contributed by atoms with Gasteiger partial charge >= 0.3 is 0 Å². The predicted octanol–water partition coefficient (Wildman–Crippen LogP) is 0.0263. The zero-order valence-electron chi connectivity index (χ0n) is 16.1. The molecule has 2 aromatic rings. The molecular formula is C19H26N3O4S2+. The molecule has 0 radical (unpaired) electrons. The van der Waals surface area contributed by atoms with Crippen molar-refractivity contribution in [3.8, 4) is 0 Å². The van der Waals surface area contributed by atoms with Crippen LogP contribution in [-0.4, -0.2) is 65.7 Å². The van der Waals surface area contributed by atoms with Gasteiger partial charge in [-0.05, 0) is 24.3 Å². The Hall–Kier alpha value is -1.78. The molecule has 7 nitrogen and oxygen atoms in total. The number of piperazine rings is 1. The highest BCUT2D eigenvalue weighted by Gasteiger charge is 2.30. The monoisotopic (exact) mass is 424 g/mol. The van der Waals surface area contributed by atoms with Crippen molar-refractivity contribution in [2.75, 3.05) is 40.3 Å². The molecule has 28 heavy (non-hydrogen) atoms. The number of quaternary nitrogens is 1. The Morgan fingerprint density at radius 1 is 0.857 bits per heavy atom. The highest BCUT2D eigenvalue weighted by Crippen LogP contribution is 2.20. The lowest BCUT2D eigenvalue weighted by atomic mass is 10.2. The molecule has 1 N–H and O–H groups in total. The van der Waals surface area contributed by atoms with Gasteiger partial charge in [-0.1, -0.05) is 30.3 Å². The van der Waals surface area contributed by atoms with E-state index in [9.17, 15) is 16.8 Å². The number of rotatable bonds is 6. The summed E-state index contributed by atoms with van der Waals surface area (Å²) < 4.78 is 52.7. The lowest BCUT2D eigenvalue weighted by Gasteiger charge is -2.31. The lowest BCUT2D eigenvalue weighted by molar-refractivity contribution is -0.917. The third kappa shape index (κ3) is 4.44. The zero-order chi connectivity index (χ0) is 20.4. The fraction of sp³-hybridized carbons (Fsp3) is 0.368. The van der Waals surface area contributed by atoms with Gasteiger partial charge in [0.05, 0.1) is 36.0 Å². The average Bonchev–Trinajstić information content (AvgIpc) is 2.69. The number of nitrogens with zero attached hydrogens (tertiary/aromatic N) is 2. The van der Waals surface area contributed by atoms with Crippen LogP contribution in [0, 0.1) is 0 Å². The van der Waals surface area contributed by atoms with E-state index in [0.29, 0.717) is 13.1 Å². The largest absolute Gasteiger partial charge is 0.329 e. The van der Waals surface area contributed by atoms with E-state index in [2.05, 4.69) is 12.1 Å². The van der Waals surface area contributed by atoms with Crippen molar-refractivity contribution >= 4 is 20.0 Å². The van der Waals surface area contributed by atoms with Crippen LogP contribution in [0.5, 0.6) is 0 Å². The standard InChI is InChI=1S/C19H25N3O4S2/c1-20(2)27(23,24)18-8-10-19(11-9-18)28(25,26)22-14-12-21(13-15-22)16-17-6-4-3-5-7-17/h3-11H,12-16H2,1-2H3/p+1. The van der Waals surface area contributed by atoms with E-state index in [1.165, 1.54) is 53.1 Å². The fourth-order valence-electron chi connectivity index (χ4n) is 3.25. The molecule has 0 saturated carbocycles. The van der Waals surface area contributed by atoms with Crippen LogP contribution in [-0.2, 0) is 26.6 Å². The average molecular weight is 425 g/mol. The number of sulfonamides is 2. The second-order valence-electron chi connectivity index (χ2n) is 7.08. The molecule has 0 atom stereocenters. The van der Waals surface area contributed by atoms with Crippen molar-refractivity contribution in [1.29, 1.82) is 0 Å². The summed E-state index contributed by atoms with van der Waals surface area (Å²) >= 11 is 0. The first kappa shape index (κ1) is 20.9. The van der Waals surface area contributed by atoms with Gasteiger partial charge in [-0.15, -0.1) is 0 Å². The van der Waals surface area contributed by atoms with E-state index in [1.807, 2.05) is 18.2 Å². The van der Waals surface area contributed by atoms with Crippen LogP contribution < -0.4 is 4.90 Å². The Morgan fingerprint density at radius 2 is 1.39 bits per heavy atom. The second-order valence-corrected chi connectivity index (χ2v) is 11.2. The van der Waals surface area contributed by atoms with Crippen molar-refractivity contribution in [2.24, 2.45) is 0 Å². The van der Waals surface area contributed by atoms with Gasteiger partial charge in [-0.3, -0.25) is 0 Å². The number of benzene rings is 2. The molecule has 1 aliphatic rings. The maximum absolute atomic E-state index is 12.9. The van der Waals surface area contributed by atoms with E-state index < -0.39 is 20.0 Å². The third-order valence-electron chi connectivity index (χ3n) is 4.97. The van der Waals surface area contributed by atoms with Crippen molar-refractivity contribution in [3.05, 3.63) is 60.2 Å². The van der Waals surface area contributed by atoms with Gasteiger partial charge in [0.2, 0.25) is 20.0 Å². The normalized spacial score (nSPS) is 17.1. The first-order valence-electron chi connectivity index (χ1n) is 9.11. The minimum absolute atomic E-state index is 0.0774. The van der Waals surface area contributed by atoms with E-state index in [0.717, 1.165) is 23.9 Å². The lowest BCUT2D eigenvalue weighted by Crippen LogP contribution is -3.13. The van der Waals surface area contributed by atoms with Gasteiger partial charge < -0.3 is 4.90 Å². The van der Waals surface area contributed by atoms with E-state index >= 15 is 0 Å². The Kier molecular flexibility index (Phi) is 6.21. The van der Waals surface area contributed by atoms with Gasteiger partial charge in [-0.2, -0.15) is 4.31 Å². The summed E-state index contributed by atoms with van der Waals surface area (Å²) in [5.41, 5.74) is 1.24. The quantitative estimate of drug-likeness (QED) is 0.710. The van der Waals surface area contributed by atoms with Crippen LogP contribution in [0.3, 0.4) is 0 Å². The molecule has 1 heterocycles. The summed E-state index contributed by atoms with van der Waals surface area (Å²) in [5, 5.41) is 0. The van der Waals surface area contributed by atoms with Crippen LogP contribution >= 0.6 is 0 Å². The van der Waals surface area contributed by atoms with Crippen LogP contribution in [0.25, 0.3) is 0 Å². The van der Waals surface area contributed by atoms with E-state index in [4.69, 9.17) is 0 Å². The van der Waals surface area contributed by atoms with Crippen LogP contribution in [0.1, 0.15) is 5.56 Å². The van der Waals surface area contributed by atoms with Gasteiger partial charge in [0.25, 0.3) is 0 Å². The van der Waals surface area contributed by atoms with Crippen molar-refractivity contribution < 1.29 is 21.7 Å². The molecule has 0 unspecified atom stereocenters. The third-order valence-corrected chi connectivity index (χ3v) is 8.71. The molecule has 1 saturated heterocycles. The summed E-state index contributed by atoms with van der Waals surface area (Å²) in [6.45, 7) is 3.25. The molecule has 0 spiro atoms. The zero-order valence-corrected chi connectivity index (χ0v) is 17.7. The molecule has 1 fully saturated rings. The number of hydrogen-bond acceptors (Lipinski definition) is 4. The minimum Gasteiger partial charge on any atom is -0.329 e.